The van der Waals surface area contributed by atoms with Crippen LogP contribution in [0.1, 0.15) is 35.9 Å². The molecule has 130 valence electrons. The lowest BCUT2D eigenvalue weighted by Gasteiger charge is -2.34. The van der Waals surface area contributed by atoms with Crippen LogP contribution in [0.15, 0.2) is 47.1 Å². The predicted octanol–water partition coefficient (Wildman–Crippen LogP) is 3.11. The first-order chi connectivity index (χ1) is 12.1. The molecule has 2 aliphatic rings. The topological polar surface area (TPSA) is 53.8 Å². The molecule has 2 aliphatic heterocycles. The molecule has 2 amide bonds. The lowest BCUT2D eigenvalue weighted by molar-refractivity contribution is -0.124. The largest absolute Gasteiger partial charge is 0.459 e. The second-order valence-corrected chi connectivity index (χ2v) is 6.93. The molecule has 0 unspecified atom stereocenters. The van der Waals surface area contributed by atoms with E-state index in [1.165, 1.54) is 11.8 Å². The number of furan rings is 1. The molecule has 3 heterocycles. The van der Waals surface area contributed by atoms with Crippen LogP contribution in [-0.4, -0.2) is 35.8 Å². The maximum absolute atomic E-state index is 13.1. The van der Waals surface area contributed by atoms with E-state index in [0.717, 1.165) is 12.1 Å². The van der Waals surface area contributed by atoms with Gasteiger partial charge in [-0.25, -0.2) is 0 Å². The molecule has 1 aromatic heterocycles. The number of hydrogen-bond donors (Lipinski definition) is 0. The normalized spacial score (nSPS) is 20.6. The van der Waals surface area contributed by atoms with Gasteiger partial charge in [-0.15, -0.1) is 0 Å². The summed E-state index contributed by atoms with van der Waals surface area (Å²) in [6.45, 7) is 3.30. The van der Waals surface area contributed by atoms with E-state index in [4.69, 9.17) is 4.42 Å². The molecule has 5 heteroatoms. The Morgan fingerprint density at radius 3 is 2.56 bits per heavy atom. The van der Waals surface area contributed by atoms with Crippen molar-refractivity contribution in [3.05, 3.63) is 54.0 Å². The third kappa shape index (κ3) is 2.84. The number of amides is 2. The van der Waals surface area contributed by atoms with Crippen molar-refractivity contribution in [3.8, 4) is 0 Å². The summed E-state index contributed by atoms with van der Waals surface area (Å²) in [6.07, 6.45) is 3.83. The second kappa shape index (κ2) is 6.39. The third-order valence-electron chi connectivity index (χ3n) is 5.31. The summed E-state index contributed by atoms with van der Waals surface area (Å²) >= 11 is 0. The van der Waals surface area contributed by atoms with Crippen LogP contribution in [0.2, 0.25) is 0 Å². The summed E-state index contributed by atoms with van der Waals surface area (Å²) in [7, 11) is 0. The summed E-state index contributed by atoms with van der Waals surface area (Å²) < 4.78 is 5.19. The fourth-order valence-electron chi connectivity index (χ4n) is 3.98. The zero-order chi connectivity index (χ0) is 17.4. The fourth-order valence-corrected chi connectivity index (χ4v) is 3.98. The number of hydrogen-bond acceptors (Lipinski definition) is 3. The molecule has 1 fully saturated rings. The summed E-state index contributed by atoms with van der Waals surface area (Å²) in [5.41, 5.74) is 2.29. The van der Waals surface area contributed by atoms with E-state index in [2.05, 4.69) is 13.0 Å². The minimum Gasteiger partial charge on any atom is -0.459 e. The van der Waals surface area contributed by atoms with Gasteiger partial charge in [0.05, 0.1) is 6.26 Å². The SMILES string of the molecule is C[C@H]1Cc2ccccc2N1C(=O)C1CCN(C(=O)c2ccco2)CC1. The standard InChI is InChI=1S/C20H22N2O3/c1-14-13-16-5-2-3-6-17(16)22(14)19(23)15-8-10-21(11-9-15)20(24)18-7-4-12-25-18/h2-7,12,14-15H,8-11,13H2,1H3/t14-/m0/s1. The summed E-state index contributed by atoms with van der Waals surface area (Å²) in [5.74, 6) is 0.458. The van der Waals surface area contributed by atoms with Crippen LogP contribution < -0.4 is 4.90 Å². The van der Waals surface area contributed by atoms with Crippen LogP contribution in [0, 0.1) is 5.92 Å². The minimum atomic E-state index is -0.0872. The van der Waals surface area contributed by atoms with E-state index >= 15 is 0 Å². The molecular weight excluding hydrogens is 316 g/mol. The van der Waals surface area contributed by atoms with Crippen molar-refractivity contribution in [2.75, 3.05) is 18.0 Å². The lowest BCUT2D eigenvalue weighted by Crippen LogP contribution is -2.46. The van der Waals surface area contributed by atoms with Crippen molar-refractivity contribution >= 4 is 17.5 Å². The Morgan fingerprint density at radius 1 is 1.08 bits per heavy atom. The van der Waals surface area contributed by atoms with Crippen molar-refractivity contribution in [2.24, 2.45) is 5.92 Å². The number of para-hydroxylation sites is 1. The van der Waals surface area contributed by atoms with Crippen LogP contribution >= 0.6 is 0 Å². The summed E-state index contributed by atoms with van der Waals surface area (Å²) in [4.78, 5) is 29.2. The Morgan fingerprint density at radius 2 is 1.84 bits per heavy atom. The van der Waals surface area contributed by atoms with Crippen LogP contribution in [0.5, 0.6) is 0 Å². The zero-order valence-electron chi connectivity index (χ0n) is 14.4. The maximum Gasteiger partial charge on any atom is 0.289 e. The van der Waals surface area contributed by atoms with Gasteiger partial charge < -0.3 is 14.2 Å². The number of anilines is 1. The molecule has 0 N–H and O–H groups in total. The molecule has 0 aliphatic carbocycles. The summed E-state index contributed by atoms with van der Waals surface area (Å²) in [6, 6.07) is 11.8. The number of piperidine rings is 1. The van der Waals surface area contributed by atoms with E-state index in [1.807, 2.05) is 23.1 Å². The Kier molecular flexibility index (Phi) is 4.07. The van der Waals surface area contributed by atoms with Gasteiger partial charge in [0.1, 0.15) is 0 Å². The van der Waals surface area contributed by atoms with Crippen molar-refractivity contribution < 1.29 is 14.0 Å². The highest BCUT2D eigenvalue weighted by Crippen LogP contribution is 2.34. The van der Waals surface area contributed by atoms with Crippen molar-refractivity contribution in [3.63, 3.8) is 0 Å². The lowest BCUT2D eigenvalue weighted by atomic mass is 9.94. The highest BCUT2D eigenvalue weighted by molar-refractivity contribution is 5.98. The average Bonchev–Trinajstić information content (AvgIpc) is 3.27. The Hall–Kier alpha value is -2.56. The molecule has 0 radical (unpaired) electrons. The van der Waals surface area contributed by atoms with Gasteiger partial charge in [0.2, 0.25) is 5.91 Å². The number of likely N-dealkylation sites (tertiary alicyclic amines) is 1. The second-order valence-electron chi connectivity index (χ2n) is 6.93. The number of carbonyl (C=O) groups is 2. The maximum atomic E-state index is 13.1. The zero-order valence-corrected chi connectivity index (χ0v) is 14.4. The van der Waals surface area contributed by atoms with Crippen LogP contribution in [0.25, 0.3) is 0 Å². The van der Waals surface area contributed by atoms with Gasteiger partial charge in [-0.2, -0.15) is 0 Å². The smallest absolute Gasteiger partial charge is 0.289 e. The Balaban J connectivity index is 1.43. The highest BCUT2D eigenvalue weighted by atomic mass is 16.3. The molecule has 0 saturated carbocycles. The quantitative estimate of drug-likeness (QED) is 0.845. The highest BCUT2D eigenvalue weighted by Gasteiger charge is 2.36. The minimum absolute atomic E-state index is 0.0192. The fraction of sp³-hybridized carbons (Fsp3) is 0.400. The molecule has 5 nitrogen and oxygen atoms in total. The van der Waals surface area contributed by atoms with E-state index in [9.17, 15) is 9.59 Å². The number of rotatable bonds is 2. The third-order valence-corrected chi connectivity index (χ3v) is 5.31. The molecule has 25 heavy (non-hydrogen) atoms. The molecule has 1 saturated heterocycles. The van der Waals surface area contributed by atoms with Gasteiger partial charge in [-0.1, -0.05) is 18.2 Å². The van der Waals surface area contributed by atoms with Gasteiger partial charge in [-0.05, 0) is 49.9 Å². The molecule has 4 rings (SSSR count). The monoisotopic (exact) mass is 338 g/mol. The number of fused-ring (bicyclic) bond motifs is 1. The summed E-state index contributed by atoms with van der Waals surface area (Å²) in [5, 5.41) is 0. The van der Waals surface area contributed by atoms with Crippen molar-refractivity contribution in [2.45, 2.75) is 32.2 Å². The van der Waals surface area contributed by atoms with Crippen molar-refractivity contribution in [1.29, 1.82) is 0 Å². The van der Waals surface area contributed by atoms with E-state index < -0.39 is 0 Å². The number of carbonyl (C=O) groups excluding carboxylic acids is 2. The average molecular weight is 338 g/mol. The van der Waals surface area contributed by atoms with Crippen LogP contribution in [0.3, 0.4) is 0 Å². The predicted molar refractivity (Wildman–Crippen MR) is 94.4 cm³/mol. The van der Waals surface area contributed by atoms with Crippen LogP contribution in [0.4, 0.5) is 5.69 Å². The molecule has 1 atom stereocenters. The van der Waals surface area contributed by atoms with Gasteiger partial charge >= 0.3 is 0 Å². The van der Waals surface area contributed by atoms with Crippen LogP contribution in [-0.2, 0) is 11.2 Å². The van der Waals surface area contributed by atoms with Gasteiger partial charge in [-0.3, -0.25) is 9.59 Å². The van der Waals surface area contributed by atoms with E-state index in [-0.39, 0.29) is 23.8 Å². The molecule has 0 bridgehead atoms. The number of nitrogens with zero attached hydrogens (tertiary/aromatic N) is 2. The Labute approximate surface area is 147 Å². The van der Waals surface area contributed by atoms with E-state index in [0.29, 0.717) is 31.7 Å². The molecule has 0 spiro atoms. The number of benzene rings is 1. The first-order valence-corrected chi connectivity index (χ1v) is 8.89. The van der Waals surface area contributed by atoms with Crippen molar-refractivity contribution in [1.82, 2.24) is 4.90 Å². The van der Waals surface area contributed by atoms with Gasteiger partial charge in [0, 0.05) is 30.7 Å². The molecule has 2 aromatic rings. The first-order valence-electron chi connectivity index (χ1n) is 8.89. The Bertz CT molecular complexity index is 776. The first kappa shape index (κ1) is 15.9. The molecule has 1 aromatic carbocycles. The molecular formula is C20H22N2O3. The van der Waals surface area contributed by atoms with E-state index in [1.54, 1.807) is 17.0 Å². The van der Waals surface area contributed by atoms with Gasteiger partial charge in [0.15, 0.2) is 5.76 Å². The van der Waals surface area contributed by atoms with Gasteiger partial charge in [0.25, 0.3) is 5.91 Å².